The summed E-state index contributed by atoms with van der Waals surface area (Å²) in [7, 11) is 1.39. The molecular formula is C14H16FNO4. The van der Waals surface area contributed by atoms with Gasteiger partial charge in [-0.15, -0.1) is 0 Å². The Kier molecular flexibility index (Phi) is 4.22. The van der Waals surface area contributed by atoms with E-state index >= 15 is 0 Å². The maximum atomic E-state index is 13.2. The molecule has 0 aliphatic heterocycles. The molecule has 0 radical (unpaired) electrons. The molecule has 1 fully saturated rings. The molecule has 1 saturated carbocycles. The third kappa shape index (κ3) is 2.89. The molecule has 2 rings (SSSR count). The standard InChI is InChI=1S/C14H16FNO4/c1-20-12-6-5-8(15)7-10(12)13(17)16-11-4-2-3-9(11)14(18)19/h5-7,9,11H,2-4H2,1H3,(H,16,17)(H,18,19)/t9-,11+/m0/s1. The summed E-state index contributed by atoms with van der Waals surface area (Å²) in [6.07, 6.45) is 1.91. The van der Waals surface area contributed by atoms with Crippen molar-refractivity contribution in [3.05, 3.63) is 29.6 Å². The van der Waals surface area contributed by atoms with Crippen molar-refractivity contribution < 1.29 is 23.8 Å². The molecule has 5 nitrogen and oxygen atoms in total. The predicted octanol–water partition coefficient (Wildman–Crippen LogP) is 1.82. The average molecular weight is 281 g/mol. The molecule has 0 spiro atoms. The van der Waals surface area contributed by atoms with Crippen molar-refractivity contribution in [3.8, 4) is 5.75 Å². The lowest BCUT2D eigenvalue weighted by Crippen LogP contribution is -2.40. The first-order chi connectivity index (χ1) is 9.52. The number of nitrogens with one attached hydrogen (secondary N) is 1. The molecular weight excluding hydrogens is 265 g/mol. The predicted molar refractivity (Wildman–Crippen MR) is 69.2 cm³/mol. The van der Waals surface area contributed by atoms with Gasteiger partial charge in [0, 0.05) is 6.04 Å². The van der Waals surface area contributed by atoms with Gasteiger partial charge in [0.05, 0.1) is 18.6 Å². The molecule has 2 N–H and O–H groups in total. The topological polar surface area (TPSA) is 75.6 Å². The van der Waals surface area contributed by atoms with Crippen LogP contribution in [0, 0.1) is 11.7 Å². The number of hydrogen-bond acceptors (Lipinski definition) is 3. The summed E-state index contributed by atoms with van der Waals surface area (Å²) >= 11 is 0. The summed E-state index contributed by atoms with van der Waals surface area (Å²) in [5.74, 6) is -2.30. The minimum Gasteiger partial charge on any atom is -0.496 e. The highest BCUT2D eigenvalue weighted by Crippen LogP contribution is 2.27. The zero-order chi connectivity index (χ0) is 14.7. The van der Waals surface area contributed by atoms with Crippen LogP contribution in [0.25, 0.3) is 0 Å². The number of rotatable bonds is 4. The first-order valence-electron chi connectivity index (χ1n) is 6.40. The maximum Gasteiger partial charge on any atom is 0.308 e. The van der Waals surface area contributed by atoms with Crippen molar-refractivity contribution in [1.29, 1.82) is 0 Å². The molecule has 0 heterocycles. The van der Waals surface area contributed by atoms with Crippen molar-refractivity contribution in [1.82, 2.24) is 5.32 Å². The van der Waals surface area contributed by atoms with Gasteiger partial charge in [0.25, 0.3) is 5.91 Å². The lowest BCUT2D eigenvalue weighted by atomic mass is 10.0. The number of hydrogen-bond donors (Lipinski definition) is 2. The molecule has 1 aliphatic rings. The highest BCUT2D eigenvalue weighted by atomic mass is 19.1. The fourth-order valence-electron chi connectivity index (χ4n) is 2.53. The van der Waals surface area contributed by atoms with Gasteiger partial charge in [0.2, 0.25) is 0 Å². The average Bonchev–Trinajstić information content (AvgIpc) is 2.87. The van der Waals surface area contributed by atoms with Gasteiger partial charge in [0.1, 0.15) is 11.6 Å². The Balaban J connectivity index is 2.16. The van der Waals surface area contributed by atoms with Gasteiger partial charge < -0.3 is 15.2 Å². The first-order valence-corrected chi connectivity index (χ1v) is 6.40. The van der Waals surface area contributed by atoms with Crippen molar-refractivity contribution in [2.75, 3.05) is 7.11 Å². The minimum atomic E-state index is -0.918. The van der Waals surface area contributed by atoms with Gasteiger partial charge in [0.15, 0.2) is 0 Å². The highest BCUT2D eigenvalue weighted by molar-refractivity contribution is 5.97. The molecule has 1 aliphatic carbocycles. The van der Waals surface area contributed by atoms with Gasteiger partial charge in [-0.2, -0.15) is 0 Å². The van der Waals surface area contributed by atoms with Crippen LogP contribution in [0.1, 0.15) is 29.6 Å². The van der Waals surface area contributed by atoms with Crippen LogP contribution in [0.2, 0.25) is 0 Å². The lowest BCUT2D eigenvalue weighted by Gasteiger charge is -2.18. The Morgan fingerprint density at radius 3 is 2.80 bits per heavy atom. The minimum absolute atomic E-state index is 0.0727. The Labute approximate surface area is 115 Å². The summed E-state index contributed by atoms with van der Waals surface area (Å²) in [5, 5.41) is 11.7. The summed E-state index contributed by atoms with van der Waals surface area (Å²) in [5.41, 5.74) is 0.0727. The number of carbonyl (C=O) groups excluding carboxylic acids is 1. The smallest absolute Gasteiger partial charge is 0.308 e. The van der Waals surface area contributed by atoms with Crippen molar-refractivity contribution in [2.24, 2.45) is 5.92 Å². The first kappa shape index (κ1) is 14.3. The molecule has 1 aromatic rings. The SMILES string of the molecule is COc1ccc(F)cc1C(=O)N[C@@H]1CCC[C@@H]1C(=O)O. The van der Waals surface area contributed by atoms with Crippen LogP contribution in [0.4, 0.5) is 4.39 Å². The van der Waals surface area contributed by atoms with Gasteiger partial charge >= 0.3 is 5.97 Å². The number of ether oxygens (including phenoxy) is 1. The highest BCUT2D eigenvalue weighted by Gasteiger charge is 2.34. The third-order valence-corrected chi connectivity index (χ3v) is 3.56. The van der Waals surface area contributed by atoms with Gasteiger partial charge in [-0.05, 0) is 31.0 Å². The number of carbonyl (C=O) groups is 2. The normalized spacial score (nSPS) is 21.5. The Bertz CT molecular complexity index is 532. The number of benzene rings is 1. The fourth-order valence-corrected chi connectivity index (χ4v) is 2.53. The zero-order valence-electron chi connectivity index (χ0n) is 11.1. The van der Waals surface area contributed by atoms with E-state index in [1.807, 2.05) is 0 Å². The molecule has 20 heavy (non-hydrogen) atoms. The van der Waals surface area contributed by atoms with E-state index in [4.69, 9.17) is 9.84 Å². The molecule has 0 saturated heterocycles. The molecule has 1 aromatic carbocycles. The summed E-state index contributed by atoms with van der Waals surface area (Å²) in [4.78, 5) is 23.2. The van der Waals surface area contributed by atoms with Crippen LogP contribution < -0.4 is 10.1 Å². The third-order valence-electron chi connectivity index (χ3n) is 3.56. The van der Waals surface area contributed by atoms with Crippen molar-refractivity contribution >= 4 is 11.9 Å². The molecule has 108 valence electrons. The second kappa shape index (κ2) is 5.90. The largest absolute Gasteiger partial charge is 0.496 e. The Morgan fingerprint density at radius 2 is 2.15 bits per heavy atom. The van der Waals surface area contributed by atoms with Crippen molar-refractivity contribution in [2.45, 2.75) is 25.3 Å². The fraction of sp³-hybridized carbons (Fsp3) is 0.429. The molecule has 2 atom stereocenters. The van der Waals surface area contributed by atoms with E-state index in [9.17, 15) is 14.0 Å². The number of carboxylic acids is 1. The Morgan fingerprint density at radius 1 is 1.40 bits per heavy atom. The molecule has 0 aromatic heterocycles. The maximum absolute atomic E-state index is 13.2. The van der Waals surface area contributed by atoms with E-state index in [0.717, 1.165) is 12.5 Å². The van der Waals surface area contributed by atoms with E-state index in [1.54, 1.807) is 0 Å². The van der Waals surface area contributed by atoms with E-state index in [0.29, 0.717) is 12.8 Å². The Hall–Kier alpha value is -2.11. The zero-order valence-corrected chi connectivity index (χ0v) is 11.1. The van der Waals surface area contributed by atoms with Gasteiger partial charge in [-0.1, -0.05) is 6.42 Å². The van der Waals surface area contributed by atoms with Gasteiger partial charge in [-0.25, -0.2) is 4.39 Å². The van der Waals surface area contributed by atoms with E-state index in [-0.39, 0.29) is 11.3 Å². The van der Waals surface area contributed by atoms with Crippen molar-refractivity contribution in [3.63, 3.8) is 0 Å². The van der Waals surface area contributed by atoms with E-state index < -0.39 is 29.7 Å². The monoisotopic (exact) mass is 281 g/mol. The summed E-state index contributed by atoms with van der Waals surface area (Å²) in [6, 6.07) is 3.23. The molecule has 0 bridgehead atoms. The van der Waals surface area contributed by atoms with Gasteiger partial charge in [-0.3, -0.25) is 9.59 Å². The number of amides is 1. The second-order valence-electron chi connectivity index (χ2n) is 4.80. The van der Waals surface area contributed by atoms with Crippen LogP contribution in [0.3, 0.4) is 0 Å². The van der Waals surface area contributed by atoms with Crippen LogP contribution in [0.5, 0.6) is 5.75 Å². The number of halogens is 1. The van der Waals surface area contributed by atoms with E-state index in [1.165, 1.54) is 19.2 Å². The molecule has 1 amide bonds. The quantitative estimate of drug-likeness (QED) is 0.882. The van der Waals surface area contributed by atoms with E-state index in [2.05, 4.69) is 5.32 Å². The van der Waals surface area contributed by atoms with Crippen LogP contribution in [0.15, 0.2) is 18.2 Å². The molecule has 0 unspecified atom stereocenters. The number of aliphatic carboxylic acids is 1. The number of carboxylic acid groups (broad SMARTS) is 1. The summed E-state index contributed by atoms with van der Waals surface area (Å²) in [6.45, 7) is 0. The number of methoxy groups -OCH3 is 1. The lowest BCUT2D eigenvalue weighted by molar-refractivity contribution is -0.142. The summed E-state index contributed by atoms with van der Waals surface area (Å²) < 4.78 is 18.2. The van der Waals surface area contributed by atoms with Crippen LogP contribution >= 0.6 is 0 Å². The van der Waals surface area contributed by atoms with Crippen LogP contribution in [-0.4, -0.2) is 30.1 Å². The second-order valence-corrected chi connectivity index (χ2v) is 4.80. The molecule has 6 heteroatoms. The van der Waals surface area contributed by atoms with Crippen LogP contribution in [-0.2, 0) is 4.79 Å².